The van der Waals surface area contributed by atoms with Crippen molar-refractivity contribution in [2.45, 2.75) is 20.0 Å². The molecule has 0 atom stereocenters. The molecular formula is C26H26N6O2. The number of carbonyl (C=O) groups excluding carboxylic acids is 2. The number of carbonyl (C=O) groups is 2. The number of benzene rings is 2. The molecule has 8 nitrogen and oxygen atoms in total. The zero-order valence-corrected chi connectivity index (χ0v) is 19.0. The molecule has 1 aliphatic rings. The lowest BCUT2D eigenvalue weighted by Crippen LogP contribution is -2.47. The first-order valence-electron chi connectivity index (χ1n) is 11.4. The van der Waals surface area contributed by atoms with Gasteiger partial charge in [0.25, 0.3) is 5.91 Å². The summed E-state index contributed by atoms with van der Waals surface area (Å²) < 4.78 is 1.80. The van der Waals surface area contributed by atoms with Crippen molar-refractivity contribution in [1.82, 2.24) is 25.4 Å². The molecule has 0 saturated carbocycles. The molecule has 0 bridgehead atoms. The van der Waals surface area contributed by atoms with Gasteiger partial charge in [-0.3, -0.25) is 9.59 Å². The zero-order chi connectivity index (χ0) is 23.5. The highest BCUT2D eigenvalue weighted by molar-refractivity contribution is 6.06. The minimum Gasteiger partial charge on any atom is -0.360 e. The summed E-state index contributed by atoms with van der Waals surface area (Å²) in [6.07, 6.45) is 1.71. The Morgan fingerprint density at radius 2 is 1.91 bits per heavy atom. The normalized spacial score (nSPS) is 13.7. The molecule has 2 amide bonds. The largest absolute Gasteiger partial charge is 0.360 e. The van der Waals surface area contributed by atoms with Crippen LogP contribution in [0.25, 0.3) is 22.3 Å². The van der Waals surface area contributed by atoms with Crippen LogP contribution in [0.1, 0.15) is 22.8 Å². The molecule has 2 aromatic heterocycles. The number of rotatable bonds is 6. The van der Waals surface area contributed by atoms with Gasteiger partial charge in [0.15, 0.2) is 5.65 Å². The number of hydrogen-bond acceptors (Lipinski definition) is 5. The lowest BCUT2D eigenvalue weighted by molar-refractivity contribution is -0.120. The number of nitrogens with zero attached hydrogens (tertiary/aromatic N) is 4. The number of anilines is 1. The second kappa shape index (κ2) is 9.35. The van der Waals surface area contributed by atoms with Crippen molar-refractivity contribution in [2.75, 3.05) is 24.5 Å². The highest BCUT2D eigenvalue weighted by Crippen LogP contribution is 2.25. The van der Waals surface area contributed by atoms with Crippen LogP contribution in [0.3, 0.4) is 0 Å². The number of hydrogen-bond donors (Lipinski definition) is 2. The fourth-order valence-electron chi connectivity index (χ4n) is 4.18. The Morgan fingerprint density at radius 1 is 1.12 bits per heavy atom. The van der Waals surface area contributed by atoms with Gasteiger partial charge < -0.3 is 15.5 Å². The van der Waals surface area contributed by atoms with Crippen LogP contribution in [0.4, 0.5) is 5.69 Å². The van der Waals surface area contributed by atoms with Gasteiger partial charge in [0.2, 0.25) is 5.91 Å². The van der Waals surface area contributed by atoms with Crippen LogP contribution < -0.4 is 15.5 Å². The number of nitrogens with one attached hydrogen (secondary N) is 2. The first-order valence-corrected chi connectivity index (χ1v) is 11.4. The Hall–Kier alpha value is -4.20. The predicted octanol–water partition coefficient (Wildman–Crippen LogP) is 2.98. The van der Waals surface area contributed by atoms with Gasteiger partial charge in [-0.25, -0.2) is 9.67 Å². The molecule has 3 heterocycles. The second-order valence-electron chi connectivity index (χ2n) is 8.24. The highest BCUT2D eigenvalue weighted by Gasteiger charge is 2.18. The fraction of sp³-hybridized carbons (Fsp3) is 0.231. The van der Waals surface area contributed by atoms with Gasteiger partial charge in [-0.05, 0) is 30.7 Å². The molecule has 2 N–H and O–H groups in total. The fourth-order valence-corrected chi connectivity index (χ4v) is 4.18. The van der Waals surface area contributed by atoms with Crippen molar-refractivity contribution >= 4 is 28.5 Å². The van der Waals surface area contributed by atoms with Gasteiger partial charge in [0.1, 0.15) is 0 Å². The predicted molar refractivity (Wildman–Crippen MR) is 131 cm³/mol. The van der Waals surface area contributed by atoms with E-state index >= 15 is 0 Å². The Kier molecular flexibility index (Phi) is 5.95. The molecular weight excluding hydrogens is 428 g/mol. The third-order valence-electron chi connectivity index (χ3n) is 6.02. The zero-order valence-electron chi connectivity index (χ0n) is 19.0. The summed E-state index contributed by atoms with van der Waals surface area (Å²) in [4.78, 5) is 31.7. The molecule has 1 aliphatic heterocycles. The van der Waals surface area contributed by atoms with E-state index in [1.807, 2.05) is 72.5 Å². The van der Waals surface area contributed by atoms with Crippen molar-refractivity contribution < 1.29 is 9.59 Å². The van der Waals surface area contributed by atoms with E-state index in [1.54, 1.807) is 10.9 Å². The number of aryl methyl sites for hydroxylation is 1. The molecule has 0 radical (unpaired) electrons. The average Bonchev–Trinajstić information content (AvgIpc) is 3.30. The lowest BCUT2D eigenvalue weighted by atomic mass is 10.1. The van der Waals surface area contributed by atoms with E-state index in [4.69, 9.17) is 4.98 Å². The standard InChI is InChI=1S/C26H26N6O2/c1-2-32-25-22(16-29-32)21(14-23(30-25)19-6-4-3-5-7-19)26(34)28-15-18-8-10-20(11-9-18)31-13-12-27-24(33)17-31/h3-11,14,16H,2,12-13,15,17H2,1H3,(H,27,33)(H,28,34). The smallest absolute Gasteiger partial charge is 0.252 e. The lowest BCUT2D eigenvalue weighted by Gasteiger charge is -2.28. The first kappa shape index (κ1) is 21.6. The molecule has 8 heteroatoms. The average molecular weight is 455 g/mol. The van der Waals surface area contributed by atoms with E-state index < -0.39 is 0 Å². The summed E-state index contributed by atoms with van der Waals surface area (Å²) in [5, 5.41) is 11.0. The molecule has 0 unspecified atom stereocenters. The van der Waals surface area contributed by atoms with Gasteiger partial charge in [-0.1, -0.05) is 42.5 Å². The molecule has 0 aliphatic carbocycles. The summed E-state index contributed by atoms with van der Waals surface area (Å²) in [6.45, 7) is 4.87. The van der Waals surface area contributed by atoms with E-state index in [9.17, 15) is 9.59 Å². The summed E-state index contributed by atoms with van der Waals surface area (Å²) in [5.41, 5.74) is 4.92. The monoisotopic (exact) mass is 454 g/mol. The van der Waals surface area contributed by atoms with Crippen molar-refractivity contribution in [3.63, 3.8) is 0 Å². The molecule has 34 heavy (non-hydrogen) atoms. The number of pyridine rings is 1. The van der Waals surface area contributed by atoms with E-state index in [0.29, 0.717) is 37.4 Å². The minimum atomic E-state index is -0.169. The van der Waals surface area contributed by atoms with Crippen LogP contribution in [0.5, 0.6) is 0 Å². The van der Waals surface area contributed by atoms with Gasteiger partial charge in [-0.15, -0.1) is 0 Å². The van der Waals surface area contributed by atoms with Gasteiger partial charge in [-0.2, -0.15) is 5.10 Å². The van der Waals surface area contributed by atoms with Gasteiger partial charge in [0, 0.05) is 37.4 Å². The van der Waals surface area contributed by atoms with Crippen LogP contribution in [0.2, 0.25) is 0 Å². The maximum absolute atomic E-state index is 13.2. The number of fused-ring (bicyclic) bond motifs is 1. The van der Waals surface area contributed by atoms with Crippen molar-refractivity contribution in [2.24, 2.45) is 0 Å². The van der Waals surface area contributed by atoms with Crippen LogP contribution in [0, 0.1) is 0 Å². The van der Waals surface area contributed by atoms with Crippen LogP contribution in [-0.4, -0.2) is 46.2 Å². The topological polar surface area (TPSA) is 92.2 Å². The highest BCUT2D eigenvalue weighted by atomic mass is 16.2. The number of amides is 2. The molecule has 1 fully saturated rings. The van der Waals surface area contributed by atoms with E-state index in [1.165, 1.54) is 0 Å². The van der Waals surface area contributed by atoms with Gasteiger partial charge >= 0.3 is 0 Å². The molecule has 4 aromatic rings. The second-order valence-corrected chi connectivity index (χ2v) is 8.24. The Balaban J connectivity index is 1.36. The SMILES string of the molecule is CCn1ncc2c(C(=O)NCc3ccc(N4CCNC(=O)C4)cc3)cc(-c3ccccc3)nc21. The first-order chi connectivity index (χ1) is 16.6. The van der Waals surface area contributed by atoms with Gasteiger partial charge in [0.05, 0.1) is 29.4 Å². The van der Waals surface area contributed by atoms with Crippen LogP contribution in [-0.2, 0) is 17.9 Å². The van der Waals surface area contributed by atoms with Crippen molar-refractivity contribution in [3.8, 4) is 11.3 Å². The summed E-state index contributed by atoms with van der Waals surface area (Å²) in [7, 11) is 0. The Bertz CT molecular complexity index is 1330. The molecule has 2 aromatic carbocycles. The third kappa shape index (κ3) is 4.34. The quantitative estimate of drug-likeness (QED) is 0.467. The van der Waals surface area contributed by atoms with Crippen LogP contribution in [0.15, 0.2) is 66.9 Å². The molecule has 1 saturated heterocycles. The Labute approximate surface area is 197 Å². The van der Waals surface area contributed by atoms with Crippen LogP contribution >= 0.6 is 0 Å². The maximum atomic E-state index is 13.2. The summed E-state index contributed by atoms with van der Waals surface area (Å²) >= 11 is 0. The van der Waals surface area contributed by atoms with E-state index in [2.05, 4.69) is 15.7 Å². The Morgan fingerprint density at radius 3 is 2.65 bits per heavy atom. The van der Waals surface area contributed by atoms with Crippen molar-refractivity contribution in [3.05, 3.63) is 78.0 Å². The summed E-state index contributed by atoms with van der Waals surface area (Å²) in [5.74, 6) is -0.135. The van der Waals surface area contributed by atoms with E-state index in [0.717, 1.165) is 34.4 Å². The molecule has 172 valence electrons. The molecule has 5 rings (SSSR count). The number of aromatic nitrogens is 3. The summed E-state index contributed by atoms with van der Waals surface area (Å²) in [6, 6.07) is 19.6. The third-order valence-corrected chi connectivity index (χ3v) is 6.02. The van der Waals surface area contributed by atoms with E-state index in [-0.39, 0.29) is 11.8 Å². The minimum absolute atomic E-state index is 0.0347. The molecule has 0 spiro atoms. The van der Waals surface area contributed by atoms with Crippen molar-refractivity contribution in [1.29, 1.82) is 0 Å². The maximum Gasteiger partial charge on any atom is 0.252 e. The number of piperazine rings is 1.